The summed E-state index contributed by atoms with van der Waals surface area (Å²) >= 11 is 0. The number of aliphatic hydroxyl groups excluding tert-OH is 2. The number of aliphatic hydroxyl groups is 2. The molecule has 6 heteroatoms. The Morgan fingerprint density at radius 1 is 0.714 bits per heavy atom. The van der Waals surface area contributed by atoms with Gasteiger partial charge in [-0.15, -0.1) is 0 Å². The number of halogens is 4. The molecule has 86 valence electrons. The van der Waals surface area contributed by atoms with Crippen LogP contribution in [0.5, 0.6) is 0 Å². The van der Waals surface area contributed by atoms with E-state index >= 15 is 0 Å². The first kappa shape index (κ1) is 13.6. The van der Waals surface area contributed by atoms with Crippen LogP contribution in [0.3, 0.4) is 0 Å². The summed E-state index contributed by atoms with van der Waals surface area (Å²) < 4.78 is 50.9. The van der Waals surface area contributed by atoms with Crippen molar-refractivity contribution in [3.63, 3.8) is 0 Å². The average Bonchev–Trinajstić information content (AvgIpc) is 2.04. The summed E-state index contributed by atoms with van der Waals surface area (Å²) in [5, 5.41) is 16.5. The molecule has 0 aliphatic rings. The van der Waals surface area contributed by atoms with E-state index in [0.29, 0.717) is 0 Å². The maximum atomic E-state index is 12.8. The Balaban J connectivity index is 4.13. The van der Waals surface area contributed by atoms with Gasteiger partial charge in [-0.2, -0.15) is 17.6 Å². The molecular formula is C8H14F4O2. The van der Waals surface area contributed by atoms with Gasteiger partial charge in [-0.1, -0.05) is 0 Å². The second-order valence-electron chi connectivity index (χ2n) is 3.06. The molecule has 0 aromatic heterocycles. The van der Waals surface area contributed by atoms with Crippen molar-refractivity contribution in [2.45, 2.75) is 37.5 Å². The number of rotatable bonds is 7. The topological polar surface area (TPSA) is 40.5 Å². The Morgan fingerprint density at radius 2 is 1.21 bits per heavy atom. The fraction of sp³-hybridized carbons (Fsp3) is 1.00. The van der Waals surface area contributed by atoms with Gasteiger partial charge in [-0.3, -0.25) is 0 Å². The lowest BCUT2D eigenvalue weighted by Gasteiger charge is -2.25. The Morgan fingerprint density at radius 3 is 1.64 bits per heavy atom. The molecule has 2 nitrogen and oxygen atoms in total. The van der Waals surface area contributed by atoms with Crippen LogP contribution in [0.25, 0.3) is 0 Å². The molecule has 0 atom stereocenters. The van der Waals surface area contributed by atoms with E-state index in [0.717, 1.165) is 0 Å². The lowest BCUT2D eigenvalue weighted by atomic mass is 10.0. The van der Waals surface area contributed by atoms with E-state index < -0.39 is 31.3 Å². The first-order valence-corrected chi connectivity index (χ1v) is 4.35. The maximum absolute atomic E-state index is 12.8. The third kappa shape index (κ3) is 3.79. The molecule has 0 aliphatic heterocycles. The van der Waals surface area contributed by atoms with Gasteiger partial charge in [-0.25, -0.2) is 0 Å². The standard InChI is InChI=1S/C8H14F4O2/c9-7(10,3-1-2-5-13)8(11,12)4-6-14/h13-14H,1-6H2. The zero-order valence-corrected chi connectivity index (χ0v) is 7.65. The van der Waals surface area contributed by atoms with Gasteiger partial charge < -0.3 is 10.2 Å². The van der Waals surface area contributed by atoms with Crippen molar-refractivity contribution in [1.29, 1.82) is 0 Å². The van der Waals surface area contributed by atoms with E-state index in [1.165, 1.54) is 0 Å². The first-order chi connectivity index (χ1) is 6.37. The van der Waals surface area contributed by atoms with E-state index in [1.54, 1.807) is 0 Å². The third-order valence-electron chi connectivity index (χ3n) is 1.86. The minimum Gasteiger partial charge on any atom is -0.396 e. The molecule has 0 fully saturated rings. The van der Waals surface area contributed by atoms with E-state index in [9.17, 15) is 17.6 Å². The second kappa shape index (κ2) is 5.50. The van der Waals surface area contributed by atoms with Gasteiger partial charge in [0, 0.05) is 26.1 Å². The lowest BCUT2D eigenvalue weighted by Crippen LogP contribution is -2.41. The summed E-state index contributed by atoms with van der Waals surface area (Å²) in [6, 6.07) is 0. The fourth-order valence-corrected chi connectivity index (χ4v) is 0.965. The van der Waals surface area contributed by atoms with Crippen molar-refractivity contribution >= 4 is 0 Å². The van der Waals surface area contributed by atoms with Gasteiger partial charge in [0.2, 0.25) is 0 Å². The van der Waals surface area contributed by atoms with Crippen LogP contribution in [0.15, 0.2) is 0 Å². The number of alkyl halides is 4. The maximum Gasteiger partial charge on any atom is 0.312 e. The highest BCUT2D eigenvalue weighted by Gasteiger charge is 2.54. The Kier molecular flexibility index (Phi) is 5.36. The molecular weight excluding hydrogens is 204 g/mol. The minimum atomic E-state index is -4.17. The Labute approximate surface area is 79.5 Å². The van der Waals surface area contributed by atoms with Crippen molar-refractivity contribution in [3.8, 4) is 0 Å². The zero-order chi connectivity index (χ0) is 11.2. The largest absolute Gasteiger partial charge is 0.396 e. The fourth-order valence-electron chi connectivity index (χ4n) is 0.965. The van der Waals surface area contributed by atoms with Gasteiger partial charge in [0.05, 0.1) is 0 Å². The molecule has 2 N–H and O–H groups in total. The van der Waals surface area contributed by atoms with Crippen LogP contribution in [0, 0.1) is 0 Å². The van der Waals surface area contributed by atoms with Crippen LogP contribution in [-0.2, 0) is 0 Å². The molecule has 0 amide bonds. The summed E-state index contributed by atoms with van der Waals surface area (Å²) in [6.45, 7) is -1.26. The Bertz CT molecular complexity index is 161. The Hall–Kier alpha value is -0.360. The van der Waals surface area contributed by atoms with E-state index in [1.807, 2.05) is 0 Å². The summed E-state index contributed by atoms with van der Waals surface area (Å²) in [5.41, 5.74) is 0. The second-order valence-corrected chi connectivity index (χ2v) is 3.06. The first-order valence-electron chi connectivity index (χ1n) is 4.35. The molecule has 0 bridgehead atoms. The quantitative estimate of drug-likeness (QED) is 0.505. The smallest absolute Gasteiger partial charge is 0.312 e. The van der Waals surface area contributed by atoms with Crippen molar-refractivity contribution in [3.05, 3.63) is 0 Å². The van der Waals surface area contributed by atoms with Gasteiger partial charge in [-0.05, 0) is 12.8 Å². The molecule has 0 rings (SSSR count). The normalized spacial score (nSPS) is 13.3. The molecule has 0 spiro atoms. The molecule has 0 heterocycles. The van der Waals surface area contributed by atoms with E-state index in [4.69, 9.17) is 10.2 Å². The van der Waals surface area contributed by atoms with Crippen LogP contribution in [0.1, 0.15) is 25.7 Å². The van der Waals surface area contributed by atoms with Crippen LogP contribution in [0.2, 0.25) is 0 Å². The molecule has 0 radical (unpaired) electrons. The molecule has 0 aromatic rings. The molecule has 14 heavy (non-hydrogen) atoms. The van der Waals surface area contributed by atoms with Crippen LogP contribution < -0.4 is 0 Å². The predicted octanol–water partition coefficient (Wildman–Crippen LogP) is 1.80. The van der Waals surface area contributed by atoms with Gasteiger partial charge in [0.15, 0.2) is 0 Å². The molecule has 0 saturated carbocycles. The van der Waals surface area contributed by atoms with Gasteiger partial charge >= 0.3 is 11.8 Å². The molecule has 0 aliphatic carbocycles. The van der Waals surface area contributed by atoms with Crippen molar-refractivity contribution in [1.82, 2.24) is 0 Å². The zero-order valence-electron chi connectivity index (χ0n) is 7.65. The van der Waals surface area contributed by atoms with E-state index in [-0.39, 0.29) is 19.4 Å². The summed E-state index contributed by atoms with van der Waals surface area (Å²) in [4.78, 5) is 0. The van der Waals surface area contributed by atoms with Crippen molar-refractivity contribution in [2.75, 3.05) is 13.2 Å². The summed E-state index contributed by atoms with van der Waals surface area (Å²) in [6.07, 6.45) is -2.30. The van der Waals surface area contributed by atoms with Crippen LogP contribution in [0.4, 0.5) is 17.6 Å². The van der Waals surface area contributed by atoms with Gasteiger partial charge in [0.1, 0.15) is 0 Å². The SMILES string of the molecule is OCCCCC(F)(F)C(F)(F)CCO. The molecule has 0 saturated heterocycles. The molecule has 0 unspecified atom stereocenters. The van der Waals surface area contributed by atoms with Crippen LogP contribution in [-0.4, -0.2) is 35.3 Å². The monoisotopic (exact) mass is 218 g/mol. The number of unbranched alkanes of at least 4 members (excludes halogenated alkanes) is 1. The predicted molar refractivity (Wildman–Crippen MR) is 42.5 cm³/mol. The van der Waals surface area contributed by atoms with Crippen LogP contribution >= 0.6 is 0 Å². The molecule has 0 aromatic carbocycles. The van der Waals surface area contributed by atoms with Crippen molar-refractivity contribution < 1.29 is 27.8 Å². The highest BCUT2D eigenvalue weighted by atomic mass is 19.3. The lowest BCUT2D eigenvalue weighted by molar-refractivity contribution is -0.218. The average molecular weight is 218 g/mol. The van der Waals surface area contributed by atoms with Crippen molar-refractivity contribution in [2.24, 2.45) is 0 Å². The third-order valence-corrected chi connectivity index (χ3v) is 1.86. The number of hydrogen-bond donors (Lipinski definition) is 2. The minimum absolute atomic E-state index is 0.0742. The summed E-state index contributed by atoms with van der Waals surface area (Å²) in [7, 11) is 0. The van der Waals surface area contributed by atoms with Gasteiger partial charge in [0.25, 0.3) is 0 Å². The summed E-state index contributed by atoms with van der Waals surface area (Å²) in [5.74, 6) is -8.28. The highest BCUT2D eigenvalue weighted by Crippen LogP contribution is 2.40. The van der Waals surface area contributed by atoms with E-state index in [2.05, 4.69) is 0 Å². The highest BCUT2D eigenvalue weighted by molar-refractivity contribution is 4.84. The number of hydrogen-bond acceptors (Lipinski definition) is 2.